The molecule has 0 unspecified atom stereocenters. The van der Waals surface area contributed by atoms with Gasteiger partial charge in [-0.2, -0.15) is 9.78 Å². The first-order valence-corrected chi connectivity index (χ1v) is 7.39. The molecular formula is C16H12N4S. The van der Waals surface area contributed by atoms with E-state index < -0.39 is 0 Å². The Bertz CT molecular complexity index is 875. The molecule has 5 heteroatoms. The number of benzene rings is 2. The minimum atomic E-state index is 0.611. The molecule has 0 fully saturated rings. The van der Waals surface area contributed by atoms with E-state index >= 15 is 0 Å². The molecule has 0 aliphatic heterocycles. The molecular weight excluding hydrogens is 280 g/mol. The molecule has 0 atom stereocenters. The normalized spacial score (nSPS) is 11.0. The van der Waals surface area contributed by atoms with Crippen molar-refractivity contribution in [2.45, 2.75) is 0 Å². The molecule has 2 heterocycles. The number of nitrogens with two attached hydrogens (primary N) is 1. The molecule has 0 spiro atoms. The maximum Gasteiger partial charge on any atom is 0.213 e. The number of hydrogen-bond donors (Lipinski definition) is 1. The number of nitrogens with zero attached hydrogens (tertiary/aromatic N) is 3. The number of thiazole rings is 1. The zero-order chi connectivity index (χ0) is 14.2. The van der Waals surface area contributed by atoms with Crippen LogP contribution in [0.1, 0.15) is 0 Å². The largest absolute Gasteiger partial charge is 0.383 e. The van der Waals surface area contributed by atoms with Crippen molar-refractivity contribution < 1.29 is 0 Å². The summed E-state index contributed by atoms with van der Waals surface area (Å²) in [5, 5.41) is 5.19. The zero-order valence-corrected chi connectivity index (χ0v) is 11.9. The van der Waals surface area contributed by atoms with Gasteiger partial charge in [0.05, 0.1) is 16.4 Å². The highest BCUT2D eigenvalue weighted by Gasteiger charge is 2.13. The van der Waals surface area contributed by atoms with Gasteiger partial charge in [-0.05, 0) is 17.7 Å². The number of rotatable bonds is 2. The average molecular weight is 292 g/mol. The van der Waals surface area contributed by atoms with Crippen molar-refractivity contribution in [2.24, 2.45) is 0 Å². The predicted molar refractivity (Wildman–Crippen MR) is 86.6 cm³/mol. The van der Waals surface area contributed by atoms with Crippen molar-refractivity contribution >= 4 is 27.4 Å². The first-order valence-electron chi connectivity index (χ1n) is 6.58. The highest BCUT2D eigenvalue weighted by atomic mass is 32.1. The van der Waals surface area contributed by atoms with Gasteiger partial charge in [0.2, 0.25) is 5.13 Å². The fourth-order valence-corrected chi connectivity index (χ4v) is 3.24. The topological polar surface area (TPSA) is 56.7 Å². The van der Waals surface area contributed by atoms with Crippen LogP contribution in [-0.2, 0) is 0 Å². The molecule has 0 bridgehead atoms. The number of fused-ring (bicyclic) bond motifs is 1. The van der Waals surface area contributed by atoms with E-state index in [1.807, 2.05) is 54.6 Å². The summed E-state index contributed by atoms with van der Waals surface area (Å²) in [5.41, 5.74) is 9.21. The van der Waals surface area contributed by atoms with E-state index in [1.54, 1.807) is 22.2 Å². The van der Waals surface area contributed by atoms with Gasteiger partial charge in [0.25, 0.3) is 0 Å². The van der Waals surface area contributed by atoms with Crippen LogP contribution >= 0.6 is 11.3 Å². The maximum atomic E-state index is 6.26. The van der Waals surface area contributed by atoms with Crippen molar-refractivity contribution in [1.29, 1.82) is 0 Å². The van der Waals surface area contributed by atoms with Crippen molar-refractivity contribution in [3.63, 3.8) is 0 Å². The Kier molecular flexibility index (Phi) is 2.72. The molecule has 4 rings (SSSR count). The monoisotopic (exact) mass is 292 g/mol. The van der Waals surface area contributed by atoms with Crippen LogP contribution in [0.5, 0.6) is 0 Å². The number of anilines is 1. The molecule has 4 nitrogen and oxygen atoms in total. The first kappa shape index (κ1) is 12.1. The minimum absolute atomic E-state index is 0.611. The Hall–Kier alpha value is -2.66. The lowest BCUT2D eigenvalue weighted by Gasteiger charge is -2.01. The van der Waals surface area contributed by atoms with E-state index in [2.05, 4.69) is 10.1 Å². The Morgan fingerprint density at radius 1 is 0.952 bits per heavy atom. The van der Waals surface area contributed by atoms with Crippen molar-refractivity contribution in [3.05, 3.63) is 60.8 Å². The summed E-state index contributed by atoms with van der Waals surface area (Å²) in [6.45, 7) is 0. The second kappa shape index (κ2) is 4.71. The third kappa shape index (κ3) is 1.98. The van der Waals surface area contributed by atoms with Crippen LogP contribution in [0, 0.1) is 0 Å². The van der Waals surface area contributed by atoms with E-state index in [-0.39, 0.29) is 0 Å². The predicted octanol–water partition coefficient (Wildman–Crippen LogP) is 3.73. The lowest BCUT2D eigenvalue weighted by Crippen LogP contribution is -2.01. The summed E-state index contributed by atoms with van der Waals surface area (Å²) in [6.07, 6.45) is 1.79. The molecule has 21 heavy (non-hydrogen) atoms. The van der Waals surface area contributed by atoms with Gasteiger partial charge in [-0.1, -0.05) is 53.8 Å². The van der Waals surface area contributed by atoms with E-state index in [0.717, 1.165) is 26.5 Å². The Morgan fingerprint density at radius 2 is 1.71 bits per heavy atom. The molecule has 0 amide bonds. The smallest absolute Gasteiger partial charge is 0.213 e. The molecule has 0 saturated heterocycles. The van der Waals surface area contributed by atoms with Gasteiger partial charge in [0, 0.05) is 5.56 Å². The Balaban J connectivity index is 1.85. The summed E-state index contributed by atoms with van der Waals surface area (Å²) in [5.74, 6) is 0.611. The second-order valence-corrected chi connectivity index (χ2v) is 5.69. The molecule has 4 aromatic rings. The quantitative estimate of drug-likeness (QED) is 0.612. The zero-order valence-electron chi connectivity index (χ0n) is 11.1. The summed E-state index contributed by atoms with van der Waals surface area (Å²) in [7, 11) is 0. The van der Waals surface area contributed by atoms with Crippen LogP contribution in [0.25, 0.3) is 26.5 Å². The van der Waals surface area contributed by atoms with Gasteiger partial charge < -0.3 is 5.73 Å². The lowest BCUT2D eigenvalue weighted by molar-refractivity contribution is 0.883. The fourth-order valence-electron chi connectivity index (χ4n) is 2.30. The molecule has 2 aromatic heterocycles. The third-order valence-electron chi connectivity index (χ3n) is 3.36. The summed E-state index contributed by atoms with van der Waals surface area (Å²) in [4.78, 5) is 4.59. The highest BCUT2D eigenvalue weighted by molar-refractivity contribution is 7.20. The van der Waals surface area contributed by atoms with Gasteiger partial charge >= 0.3 is 0 Å². The SMILES string of the molecule is Nc1c(-c2ccccc2)cnn1-c1nc2ccccc2s1. The van der Waals surface area contributed by atoms with Crippen molar-refractivity contribution in [3.8, 4) is 16.3 Å². The fraction of sp³-hybridized carbons (Fsp3) is 0. The molecule has 0 aliphatic carbocycles. The summed E-state index contributed by atoms with van der Waals surface area (Å²) >= 11 is 1.58. The second-order valence-electron chi connectivity index (χ2n) is 4.69. The Morgan fingerprint density at radius 3 is 2.52 bits per heavy atom. The summed E-state index contributed by atoms with van der Waals surface area (Å²) < 4.78 is 2.83. The third-order valence-corrected chi connectivity index (χ3v) is 4.37. The summed E-state index contributed by atoms with van der Waals surface area (Å²) in [6, 6.07) is 18.0. The van der Waals surface area contributed by atoms with Gasteiger partial charge in [0.1, 0.15) is 5.82 Å². The van der Waals surface area contributed by atoms with E-state index in [1.165, 1.54) is 0 Å². The van der Waals surface area contributed by atoms with Crippen LogP contribution < -0.4 is 5.73 Å². The molecule has 102 valence electrons. The lowest BCUT2D eigenvalue weighted by atomic mass is 10.1. The Labute approximate surface area is 125 Å². The van der Waals surface area contributed by atoms with Crippen LogP contribution in [0.4, 0.5) is 5.82 Å². The number of nitrogen functional groups attached to an aromatic ring is 1. The molecule has 0 aliphatic rings. The van der Waals surface area contributed by atoms with E-state index in [4.69, 9.17) is 5.73 Å². The first-order chi connectivity index (χ1) is 10.3. The minimum Gasteiger partial charge on any atom is -0.383 e. The molecule has 2 N–H and O–H groups in total. The van der Waals surface area contributed by atoms with Gasteiger partial charge in [-0.25, -0.2) is 4.98 Å². The van der Waals surface area contributed by atoms with E-state index in [9.17, 15) is 0 Å². The van der Waals surface area contributed by atoms with Crippen molar-refractivity contribution in [1.82, 2.24) is 14.8 Å². The average Bonchev–Trinajstić information content (AvgIpc) is 3.11. The molecule has 0 saturated carbocycles. The number of aromatic nitrogens is 3. The van der Waals surface area contributed by atoms with Crippen LogP contribution in [0.2, 0.25) is 0 Å². The standard InChI is InChI=1S/C16H12N4S/c17-15-12(11-6-2-1-3-7-11)10-18-20(15)16-19-13-8-4-5-9-14(13)21-16/h1-10H,17H2. The molecule has 0 radical (unpaired) electrons. The maximum absolute atomic E-state index is 6.26. The van der Waals surface area contributed by atoms with Gasteiger partial charge in [-0.15, -0.1) is 0 Å². The highest BCUT2D eigenvalue weighted by Crippen LogP contribution is 2.30. The number of para-hydroxylation sites is 1. The number of hydrogen-bond acceptors (Lipinski definition) is 4. The van der Waals surface area contributed by atoms with Gasteiger partial charge in [0.15, 0.2) is 0 Å². The van der Waals surface area contributed by atoms with Crippen LogP contribution in [-0.4, -0.2) is 14.8 Å². The van der Waals surface area contributed by atoms with Gasteiger partial charge in [-0.3, -0.25) is 0 Å². The van der Waals surface area contributed by atoms with Crippen LogP contribution in [0.3, 0.4) is 0 Å². The molecule has 2 aromatic carbocycles. The van der Waals surface area contributed by atoms with Crippen LogP contribution in [0.15, 0.2) is 60.8 Å². The van der Waals surface area contributed by atoms with E-state index in [0.29, 0.717) is 5.82 Å². The van der Waals surface area contributed by atoms with Crippen molar-refractivity contribution in [2.75, 3.05) is 5.73 Å².